The molecule has 0 bridgehead atoms. The molecule has 0 aromatic carbocycles. The molecule has 10 heavy (non-hydrogen) atoms. The maximum absolute atomic E-state index is 11.0. The van der Waals surface area contributed by atoms with E-state index in [1.54, 1.807) is 6.92 Å². The van der Waals surface area contributed by atoms with Crippen molar-refractivity contribution in [3.05, 3.63) is 0 Å². The Morgan fingerprint density at radius 1 is 1.50 bits per heavy atom. The summed E-state index contributed by atoms with van der Waals surface area (Å²) in [6.45, 7) is 3.55. The predicted octanol–water partition coefficient (Wildman–Crippen LogP) is 0.158. The zero-order chi connectivity index (χ0) is 8.20. The van der Waals surface area contributed by atoms with Crippen LogP contribution in [0.1, 0.15) is 20.3 Å². The normalized spacial score (nSPS) is 15.1. The van der Waals surface area contributed by atoms with E-state index in [1.165, 1.54) is 0 Å². The van der Waals surface area contributed by atoms with Crippen LogP contribution in [0, 0.1) is 0 Å². The third kappa shape index (κ3) is 4.76. The third-order valence-electron chi connectivity index (χ3n) is 1.03. The highest BCUT2D eigenvalue weighted by Crippen LogP contribution is 1.94. The largest absolute Gasteiger partial charge is 0.327 e. The summed E-state index contributed by atoms with van der Waals surface area (Å²) in [7, 11) is -2.86. The Bertz CT molecular complexity index is 172. The van der Waals surface area contributed by atoms with Crippen molar-refractivity contribution in [2.75, 3.05) is 11.5 Å². The summed E-state index contributed by atoms with van der Waals surface area (Å²) in [5.74, 6) is 0.370. The van der Waals surface area contributed by atoms with Gasteiger partial charge < -0.3 is 5.73 Å². The third-order valence-corrected chi connectivity index (χ3v) is 3.10. The molecule has 0 aliphatic carbocycles. The van der Waals surface area contributed by atoms with Crippen LogP contribution in [-0.4, -0.2) is 26.0 Å². The number of nitrogens with two attached hydrogens (primary N) is 1. The highest BCUT2D eigenvalue weighted by molar-refractivity contribution is 7.91. The van der Waals surface area contributed by atoms with Gasteiger partial charge in [-0.25, -0.2) is 8.42 Å². The fourth-order valence-electron chi connectivity index (χ4n) is 0.795. The van der Waals surface area contributed by atoms with E-state index in [-0.39, 0.29) is 17.5 Å². The summed E-state index contributed by atoms with van der Waals surface area (Å²) in [6, 6.07) is -0.239. The van der Waals surface area contributed by atoms with Gasteiger partial charge in [-0.2, -0.15) is 0 Å². The van der Waals surface area contributed by atoms with Crippen molar-refractivity contribution >= 4 is 9.84 Å². The van der Waals surface area contributed by atoms with E-state index in [1.807, 2.05) is 6.92 Å². The minimum atomic E-state index is -2.86. The molecule has 0 heterocycles. The summed E-state index contributed by atoms with van der Waals surface area (Å²) in [5.41, 5.74) is 5.33. The Balaban J connectivity index is 3.89. The lowest BCUT2D eigenvalue weighted by molar-refractivity contribution is 0.589. The molecule has 0 rings (SSSR count). The van der Waals surface area contributed by atoms with E-state index in [4.69, 9.17) is 5.73 Å². The number of rotatable bonds is 4. The fourth-order valence-corrected chi connectivity index (χ4v) is 2.38. The molecule has 0 fully saturated rings. The maximum Gasteiger partial charge on any atom is 0.151 e. The minimum absolute atomic E-state index is 0.112. The van der Waals surface area contributed by atoms with Gasteiger partial charge in [-0.15, -0.1) is 0 Å². The van der Waals surface area contributed by atoms with Gasteiger partial charge in [0, 0.05) is 11.8 Å². The molecule has 0 amide bonds. The van der Waals surface area contributed by atoms with Crippen molar-refractivity contribution in [2.24, 2.45) is 5.73 Å². The van der Waals surface area contributed by atoms with E-state index in [0.29, 0.717) is 6.42 Å². The second kappa shape index (κ2) is 3.93. The maximum atomic E-state index is 11.0. The van der Waals surface area contributed by atoms with Gasteiger partial charge in [-0.3, -0.25) is 0 Å². The first-order valence-electron chi connectivity index (χ1n) is 3.44. The Kier molecular flexibility index (Phi) is 3.89. The number of hydrogen-bond acceptors (Lipinski definition) is 3. The molecule has 1 unspecified atom stereocenters. The van der Waals surface area contributed by atoms with E-state index in [0.717, 1.165) is 0 Å². The van der Waals surface area contributed by atoms with Gasteiger partial charge in [-0.05, 0) is 13.3 Å². The van der Waals surface area contributed by atoms with Crippen molar-refractivity contribution in [3.63, 3.8) is 0 Å². The van der Waals surface area contributed by atoms with E-state index < -0.39 is 9.84 Å². The smallest absolute Gasteiger partial charge is 0.151 e. The Morgan fingerprint density at radius 2 is 2.00 bits per heavy atom. The Hall–Kier alpha value is -0.0900. The molecule has 0 aliphatic heterocycles. The molecule has 0 spiro atoms. The summed E-state index contributed by atoms with van der Waals surface area (Å²) >= 11 is 0. The van der Waals surface area contributed by atoms with Gasteiger partial charge in [0.05, 0.1) is 5.75 Å². The van der Waals surface area contributed by atoms with Crippen LogP contribution in [0.5, 0.6) is 0 Å². The van der Waals surface area contributed by atoms with E-state index >= 15 is 0 Å². The van der Waals surface area contributed by atoms with Gasteiger partial charge >= 0.3 is 0 Å². The molecule has 0 radical (unpaired) electrons. The van der Waals surface area contributed by atoms with Crippen molar-refractivity contribution in [2.45, 2.75) is 26.3 Å². The Labute approximate surface area is 62.5 Å². The molecule has 1 atom stereocenters. The quantitative estimate of drug-likeness (QED) is 0.645. The molecule has 0 aromatic heterocycles. The zero-order valence-electron chi connectivity index (χ0n) is 6.50. The van der Waals surface area contributed by atoms with Crippen molar-refractivity contribution < 1.29 is 8.42 Å². The van der Waals surface area contributed by atoms with Gasteiger partial charge in [-0.1, -0.05) is 6.92 Å². The second-order valence-electron chi connectivity index (χ2n) is 2.59. The highest BCUT2D eigenvalue weighted by atomic mass is 32.2. The van der Waals surface area contributed by atoms with Gasteiger partial charge in [0.25, 0.3) is 0 Å². The van der Waals surface area contributed by atoms with Crippen molar-refractivity contribution in [3.8, 4) is 0 Å². The summed E-state index contributed by atoms with van der Waals surface area (Å²) < 4.78 is 21.9. The Morgan fingerprint density at radius 3 is 2.30 bits per heavy atom. The van der Waals surface area contributed by atoms with Crippen LogP contribution in [0.2, 0.25) is 0 Å². The highest BCUT2D eigenvalue weighted by Gasteiger charge is 2.10. The first-order valence-corrected chi connectivity index (χ1v) is 5.26. The second-order valence-corrected chi connectivity index (χ2v) is 4.82. The first-order chi connectivity index (χ1) is 4.48. The van der Waals surface area contributed by atoms with Crippen molar-refractivity contribution in [1.29, 1.82) is 0 Å². The summed E-state index contributed by atoms with van der Waals surface area (Å²) in [4.78, 5) is 0. The van der Waals surface area contributed by atoms with Crippen LogP contribution >= 0.6 is 0 Å². The lowest BCUT2D eigenvalue weighted by atomic mass is 10.4. The zero-order valence-corrected chi connectivity index (χ0v) is 7.32. The van der Waals surface area contributed by atoms with Crippen LogP contribution in [-0.2, 0) is 9.84 Å². The fraction of sp³-hybridized carbons (Fsp3) is 1.00. The van der Waals surface area contributed by atoms with Crippen LogP contribution in [0.4, 0.5) is 0 Å². The van der Waals surface area contributed by atoms with Gasteiger partial charge in [0.15, 0.2) is 9.84 Å². The molecular formula is C6H15NO2S. The molecular weight excluding hydrogens is 150 g/mol. The number of hydrogen-bond donors (Lipinski definition) is 1. The monoisotopic (exact) mass is 165 g/mol. The van der Waals surface area contributed by atoms with Gasteiger partial charge in [0.2, 0.25) is 0 Å². The molecule has 62 valence electrons. The van der Waals surface area contributed by atoms with E-state index in [9.17, 15) is 8.42 Å². The van der Waals surface area contributed by atoms with Crippen molar-refractivity contribution in [1.82, 2.24) is 0 Å². The predicted molar refractivity (Wildman–Crippen MR) is 42.6 cm³/mol. The summed E-state index contributed by atoms with van der Waals surface area (Å²) in [5, 5.41) is 0. The van der Waals surface area contributed by atoms with Crippen LogP contribution in [0.3, 0.4) is 0 Å². The topological polar surface area (TPSA) is 60.2 Å². The van der Waals surface area contributed by atoms with Gasteiger partial charge in [0.1, 0.15) is 0 Å². The first kappa shape index (κ1) is 9.91. The lowest BCUT2D eigenvalue weighted by Crippen LogP contribution is -2.27. The minimum Gasteiger partial charge on any atom is -0.327 e. The average molecular weight is 165 g/mol. The van der Waals surface area contributed by atoms with Crippen LogP contribution in [0.25, 0.3) is 0 Å². The lowest BCUT2D eigenvalue weighted by Gasteiger charge is -2.04. The standard InChI is InChI=1S/C6H15NO2S/c1-3-4-10(8,9)5-6(2)7/h6H,3-5,7H2,1-2H3. The molecule has 4 heteroatoms. The molecule has 0 saturated heterocycles. The molecule has 0 aromatic rings. The van der Waals surface area contributed by atoms with Crippen LogP contribution in [0.15, 0.2) is 0 Å². The molecule has 0 saturated carbocycles. The van der Waals surface area contributed by atoms with E-state index in [2.05, 4.69) is 0 Å². The SMILES string of the molecule is CCCS(=O)(=O)CC(C)N. The molecule has 3 nitrogen and oxygen atoms in total. The average Bonchev–Trinajstić information content (AvgIpc) is 1.59. The molecule has 0 aliphatic rings. The summed E-state index contributed by atoms with van der Waals surface area (Å²) in [6.07, 6.45) is 0.676. The number of sulfone groups is 1. The molecule has 2 N–H and O–H groups in total. The van der Waals surface area contributed by atoms with Crippen LogP contribution < -0.4 is 5.73 Å².